The number of carbonyl (C=O) groups is 4. The predicted molar refractivity (Wildman–Crippen MR) is 116 cm³/mol. The van der Waals surface area contributed by atoms with Crippen LogP contribution in [0.5, 0.6) is 0 Å². The summed E-state index contributed by atoms with van der Waals surface area (Å²) < 4.78 is 0. The molecule has 1 rings (SSSR count). The first-order valence-corrected chi connectivity index (χ1v) is 11.0. The molecule has 0 saturated carbocycles. The maximum atomic E-state index is 12.8. The minimum Gasteiger partial charge on any atom is -0.480 e. The third-order valence-electron chi connectivity index (χ3n) is 5.44. The van der Waals surface area contributed by atoms with Gasteiger partial charge in [0.25, 0.3) is 0 Å². The van der Waals surface area contributed by atoms with Gasteiger partial charge in [0.1, 0.15) is 18.1 Å². The predicted octanol–water partition coefficient (Wildman–Crippen LogP) is -1.36. The van der Waals surface area contributed by atoms with E-state index in [2.05, 4.69) is 10.6 Å². The van der Waals surface area contributed by atoms with Crippen molar-refractivity contribution in [1.82, 2.24) is 15.5 Å². The minimum absolute atomic E-state index is 0.338. The molecule has 1 fully saturated rings. The number of nitrogens with two attached hydrogens (primary N) is 3. The maximum Gasteiger partial charge on any atom is 0.326 e. The summed E-state index contributed by atoms with van der Waals surface area (Å²) in [5.74, 6) is -2.45. The molecular weight excluding hydrogens is 404 g/mol. The van der Waals surface area contributed by atoms with Crippen molar-refractivity contribution in [2.45, 2.75) is 82.5 Å². The van der Waals surface area contributed by atoms with E-state index in [-0.39, 0.29) is 0 Å². The van der Waals surface area contributed by atoms with Crippen LogP contribution in [0.4, 0.5) is 0 Å². The Labute approximate surface area is 183 Å². The van der Waals surface area contributed by atoms with Gasteiger partial charge in [0, 0.05) is 6.54 Å². The normalized spacial score (nSPS) is 18.8. The number of carboxylic acids is 1. The van der Waals surface area contributed by atoms with Crippen LogP contribution in [0.25, 0.3) is 0 Å². The first kappa shape index (κ1) is 26.8. The Morgan fingerprint density at radius 1 is 1.00 bits per heavy atom. The van der Waals surface area contributed by atoms with Crippen LogP contribution in [0, 0.1) is 0 Å². The zero-order valence-corrected chi connectivity index (χ0v) is 18.3. The lowest BCUT2D eigenvalue weighted by atomic mass is 10.1. The molecule has 0 spiro atoms. The molecular formula is C20H38N6O5. The highest BCUT2D eigenvalue weighted by Crippen LogP contribution is 2.18. The largest absolute Gasteiger partial charge is 0.480 e. The van der Waals surface area contributed by atoms with E-state index in [0.717, 1.165) is 6.42 Å². The van der Waals surface area contributed by atoms with Gasteiger partial charge in [-0.2, -0.15) is 0 Å². The van der Waals surface area contributed by atoms with Gasteiger partial charge in [0.15, 0.2) is 0 Å². The number of unbranched alkanes of at least 4 members (excludes halogenated alkanes) is 2. The average Bonchev–Trinajstić information content (AvgIpc) is 3.22. The molecule has 178 valence electrons. The fraction of sp³-hybridized carbons (Fsp3) is 0.800. The highest BCUT2D eigenvalue weighted by atomic mass is 16.4. The highest BCUT2D eigenvalue weighted by Gasteiger charge is 2.36. The van der Waals surface area contributed by atoms with Crippen molar-refractivity contribution in [1.29, 1.82) is 0 Å². The zero-order chi connectivity index (χ0) is 23.4. The van der Waals surface area contributed by atoms with Crippen molar-refractivity contribution in [3.8, 4) is 0 Å². The van der Waals surface area contributed by atoms with Gasteiger partial charge in [-0.25, -0.2) is 4.79 Å². The summed E-state index contributed by atoms with van der Waals surface area (Å²) in [7, 11) is 0. The van der Waals surface area contributed by atoms with Crippen LogP contribution in [-0.4, -0.2) is 77.5 Å². The van der Waals surface area contributed by atoms with Gasteiger partial charge >= 0.3 is 5.97 Å². The van der Waals surface area contributed by atoms with E-state index in [1.165, 1.54) is 11.8 Å². The molecule has 3 amide bonds. The SMILES string of the molecule is CC(NC(=O)C(CCCCN)NC(=O)C(N)CCCCN)C(=O)N1CCCC1C(=O)O. The summed E-state index contributed by atoms with van der Waals surface area (Å²) in [6.07, 6.45) is 4.58. The average molecular weight is 443 g/mol. The Hall–Kier alpha value is -2.24. The van der Waals surface area contributed by atoms with Crippen LogP contribution in [0.1, 0.15) is 58.3 Å². The van der Waals surface area contributed by atoms with E-state index < -0.39 is 47.9 Å². The first-order chi connectivity index (χ1) is 14.7. The Morgan fingerprint density at radius 2 is 1.61 bits per heavy atom. The number of carboxylic acid groups (broad SMARTS) is 1. The number of rotatable bonds is 14. The van der Waals surface area contributed by atoms with Gasteiger partial charge in [-0.3, -0.25) is 14.4 Å². The molecule has 1 aliphatic rings. The quantitative estimate of drug-likeness (QED) is 0.177. The molecule has 1 aliphatic heterocycles. The van der Waals surface area contributed by atoms with Crippen LogP contribution in [0.3, 0.4) is 0 Å². The summed E-state index contributed by atoms with van der Waals surface area (Å²) in [6, 6.07) is -3.40. The number of nitrogens with zero attached hydrogens (tertiary/aromatic N) is 1. The van der Waals surface area contributed by atoms with Crippen molar-refractivity contribution in [2.24, 2.45) is 17.2 Å². The van der Waals surface area contributed by atoms with E-state index >= 15 is 0 Å². The smallest absolute Gasteiger partial charge is 0.326 e. The Bertz CT molecular complexity index is 617. The Balaban J connectivity index is 2.72. The molecule has 1 heterocycles. The van der Waals surface area contributed by atoms with Gasteiger partial charge in [0.05, 0.1) is 6.04 Å². The van der Waals surface area contributed by atoms with Crippen molar-refractivity contribution in [3.63, 3.8) is 0 Å². The van der Waals surface area contributed by atoms with Crippen molar-refractivity contribution in [2.75, 3.05) is 19.6 Å². The van der Waals surface area contributed by atoms with Crippen molar-refractivity contribution < 1.29 is 24.3 Å². The molecule has 4 unspecified atom stereocenters. The summed E-state index contributed by atoms with van der Waals surface area (Å²) >= 11 is 0. The summed E-state index contributed by atoms with van der Waals surface area (Å²) in [5, 5.41) is 14.6. The lowest BCUT2D eigenvalue weighted by Crippen LogP contribution is -2.56. The maximum absolute atomic E-state index is 12.8. The van der Waals surface area contributed by atoms with E-state index in [9.17, 15) is 24.3 Å². The fourth-order valence-electron chi connectivity index (χ4n) is 3.59. The van der Waals surface area contributed by atoms with Crippen molar-refractivity contribution in [3.05, 3.63) is 0 Å². The van der Waals surface area contributed by atoms with E-state index in [0.29, 0.717) is 64.6 Å². The molecule has 31 heavy (non-hydrogen) atoms. The third-order valence-corrected chi connectivity index (χ3v) is 5.44. The lowest BCUT2D eigenvalue weighted by Gasteiger charge is -2.27. The second-order valence-corrected chi connectivity index (χ2v) is 7.99. The number of aliphatic carboxylic acids is 1. The second kappa shape index (κ2) is 13.9. The second-order valence-electron chi connectivity index (χ2n) is 7.99. The van der Waals surface area contributed by atoms with Crippen LogP contribution in [-0.2, 0) is 19.2 Å². The molecule has 0 aliphatic carbocycles. The summed E-state index contributed by atoms with van der Waals surface area (Å²) in [5.41, 5.74) is 16.9. The molecule has 11 heteroatoms. The number of carbonyl (C=O) groups excluding carboxylic acids is 3. The number of likely N-dealkylation sites (tertiary alicyclic amines) is 1. The monoisotopic (exact) mass is 442 g/mol. The zero-order valence-electron chi connectivity index (χ0n) is 18.3. The Kier molecular flexibility index (Phi) is 12.1. The fourth-order valence-corrected chi connectivity index (χ4v) is 3.59. The van der Waals surface area contributed by atoms with Crippen LogP contribution < -0.4 is 27.8 Å². The van der Waals surface area contributed by atoms with Crippen LogP contribution in [0.15, 0.2) is 0 Å². The molecule has 1 saturated heterocycles. The van der Waals surface area contributed by atoms with Crippen LogP contribution in [0.2, 0.25) is 0 Å². The lowest BCUT2D eigenvalue weighted by molar-refractivity contribution is -0.149. The van der Waals surface area contributed by atoms with Crippen molar-refractivity contribution >= 4 is 23.7 Å². The molecule has 0 bridgehead atoms. The van der Waals surface area contributed by atoms with E-state index in [4.69, 9.17) is 17.2 Å². The number of hydrogen-bond acceptors (Lipinski definition) is 7. The molecule has 0 radical (unpaired) electrons. The number of hydrogen-bond donors (Lipinski definition) is 6. The van der Waals surface area contributed by atoms with Crippen LogP contribution >= 0.6 is 0 Å². The number of nitrogens with one attached hydrogen (secondary N) is 2. The molecule has 0 aromatic rings. The van der Waals surface area contributed by atoms with Gasteiger partial charge in [0.2, 0.25) is 17.7 Å². The summed E-state index contributed by atoms with van der Waals surface area (Å²) in [6.45, 7) is 2.82. The first-order valence-electron chi connectivity index (χ1n) is 11.0. The summed E-state index contributed by atoms with van der Waals surface area (Å²) in [4.78, 5) is 50.5. The molecule has 4 atom stereocenters. The standard InChI is InChI=1S/C20H38N6O5/c1-13(19(29)26-12-6-9-16(26)20(30)31)24-18(28)15(8-3-5-11-22)25-17(27)14(23)7-2-4-10-21/h13-16H,2-12,21-23H2,1H3,(H,24,28)(H,25,27)(H,30,31). The van der Waals surface area contributed by atoms with Gasteiger partial charge in [-0.15, -0.1) is 0 Å². The minimum atomic E-state index is -1.06. The van der Waals surface area contributed by atoms with Gasteiger partial charge < -0.3 is 37.8 Å². The molecule has 9 N–H and O–H groups in total. The topological polar surface area (TPSA) is 194 Å². The van der Waals surface area contributed by atoms with E-state index in [1.807, 2.05) is 0 Å². The van der Waals surface area contributed by atoms with Gasteiger partial charge in [-0.1, -0.05) is 6.42 Å². The van der Waals surface area contributed by atoms with Gasteiger partial charge in [-0.05, 0) is 65.0 Å². The highest BCUT2D eigenvalue weighted by molar-refractivity contribution is 5.94. The number of amides is 3. The molecule has 0 aromatic heterocycles. The third kappa shape index (κ3) is 8.80. The van der Waals surface area contributed by atoms with E-state index in [1.54, 1.807) is 0 Å². The molecule has 0 aromatic carbocycles. The Morgan fingerprint density at radius 3 is 2.19 bits per heavy atom. The molecule has 11 nitrogen and oxygen atoms in total.